The van der Waals surface area contributed by atoms with Crippen molar-refractivity contribution in [3.63, 3.8) is 0 Å². The van der Waals surface area contributed by atoms with Gasteiger partial charge in [0.1, 0.15) is 0 Å². The molecule has 0 aliphatic heterocycles. The van der Waals surface area contributed by atoms with Gasteiger partial charge >= 0.3 is 0 Å². The average Bonchev–Trinajstić information content (AvgIpc) is 1.21. The fraction of sp³-hybridized carbons (Fsp3) is 0.273. The first-order valence-corrected chi connectivity index (χ1v) is 32.7. The van der Waals surface area contributed by atoms with Gasteiger partial charge in [0, 0.05) is 32.8 Å². The molecule has 0 fully saturated rings. The minimum absolute atomic E-state index is 0.00727. The Hall–Kier alpha value is -8.72. The van der Waals surface area contributed by atoms with Crippen LogP contribution in [0.4, 0.5) is 17.1 Å². The summed E-state index contributed by atoms with van der Waals surface area (Å²) in [6, 6.07) is 84.5. The standard InChI is InChI=1S/C88H90N2/c1-83(2,3)64-38-44-79-74(53-64)75-54-65(84(4,5)6)39-45-80(75)90(79)78-43-37-60-34-40-72-77(42-36-59-35-41-73(78)82(60)81(59)72)89(70-23-21-22-61(50-70)55-26-28-56(29-27-55)62-46-66(85(7,8)9)51-67(47-62)86(10,11)12)76-25-20-19-24-71(76)58-32-30-57(31-33-58)63-48-68(87(13,14)15)52-69(49-63)88(16,17)18/h19-54H,1-18H3. The molecule has 13 rings (SSSR count). The quantitative estimate of drug-likeness (QED) is 0.138. The van der Waals surface area contributed by atoms with Crippen LogP contribution in [0.25, 0.3) is 104 Å². The van der Waals surface area contributed by atoms with E-state index in [0.717, 1.165) is 33.8 Å². The number of para-hydroxylation sites is 1. The van der Waals surface area contributed by atoms with Crippen molar-refractivity contribution in [2.75, 3.05) is 4.90 Å². The fourth-order valence-corrected chi connectivity index (χ4v) is 13.5. The van der Waals surface area contributed by atoms with Gasteiger partial charge in [0.05, 0.1) is 28.1 Å². The SMILES string of the molecule is CC(C)(C)c1cc(-c2ccc(-c3cccc(N(c4ccccc4-c4ccc(-c5cc(C(C)(C)C)cc(C(C)(C)C)c5)cc4)c4ccc5ccc6c(-n7c8ccc(C(C)(C)C)cc8c8cc(C(C)(C)C)ccc87)ccc7ccc4c5c76)c3)cc2)cc(C(C)(C)C)c1. The van der Waals surface area contributed by atoms with Crippen LogP contribution in [0.5, 0.6) is 0 Å². The Bertz CT molecular complexity index is 4770. The first-order chi connectivity index (χ1) is 42.4. The Balaban J connectivity index is 0.998. The van der Waals surface area contributed by atoms with E-state index in [1.54, 1.807) is 0 Å². The summed E-state index contributed by atoms with van der Waals surface area (Å²) in [7, 11) is 0. The molecule has 2 nitrogen and oxygen atoms in total. The molecule has 1 aromatic heterocycles. The first-order valence-electron chi connectivity index (χ1n) is 32.7. The van der Waals surface area contributed by atoms with Gasteiger partial charge in [0.2, 0.25) is 0 Å². The topological polar surface area (TPSA) is 8.17 Å². The first kappa shape index (κ1) is 60.2. The van der Waals surface area contributed by atoms with E-state index in [1.165, 1.54) is 121 Å². The second-order valence-electron chi connectivity index (χ2n) is 32.0. The Kier molecular flexibility index (Phi) is 14.4. The van der Waals surface area contributed by atoms with Crippen LogP contribution in [-0.2, 0) is 32.5 Å². The van der Waals surface area contributed by atoms with E-state index >= 15 is 0 Å². The van der Waals surface area contributed by atoms with Gasteiger partial charge in [0.15, 0.2) is 0 Å². The molecule has 0 N–H and O–H groups in total. The highest BCUT2D eigenvalue weighted by Gasteiger charge is 2.28. The van der Waals surface area contributed by atoms with E-state index in [2.05, 4.69) is 352 Å². The maximum Gasteiger partial charge on any atom is 0.0541 e. The molecule has 1 heterocycles. The van der Waals surface area contributed by atoms with Crippen molar-refractivity contribution in [2.24, 2.45) is 0 Å². The number of nitrogens with zero attached hydrogens (tertiary/aromatic N) is 2. The molecule has 0 saturated carbocycles. The highest BCUT2D eigenvalue weighted by atomic mass is 15.1. The molecule has 0 aliphatic rings. The zero-order valence-corrected chi connectivity index (χ0v) is 56.7. The zero-order chi connectivity index (χ0) is 63.8. The zero-order valence-electron chi connectivity index (χ0n) is 56.7. The highest BCUT2D eigenvalue weighted by Crippen LogP contribution is 2.49. The van der Waals surface area contributed by atoms with E-state index in [-0.39, 0.29) is 32.5 Å². The normalized spacial score (nSPS) is 13.0. The lowest BCUT2D eigenvalue weighted by Crippen LogP contribution is -2.16. The Morgan fingerprint density at radius 1 is 0.256 bits per heavy atom. The second-order valence-corrected chi connectivity index (χ2v) is 32.0. The van der Waals surface area contributed by atoms with Crippen LogP contribution in [0, 0.1) is 0 Å². The van der Waals surface area contributed by atoms with E-state index in [4.69, 9.17) is 0 Å². The summed E-state index contributed by atoms with van der Waals surface area (Å²) in [6.45, 7) is 41.8. The van der Waals surface area contributed by atoms with Crippen molar-refractivity contribution >= 4 is 71.2 Å². The number of hydrogen-bond acceptors (Lipinski definition) is 1. The van der Waals surface area contributed by atoms with E-state index in [1.807, 2.05) is 0 Å². The van der Waals surface area contributed by atoms with Crippen LogP contribution >= 0.6 is 0 Å². The summed E-state index contributed by atoms with van der Waals surface area (Å²) in [5.41, 5.74) is 24.8. The van der Waals surface area contributed by atoms with Gasteiger partial charge in [-0.15, -0.1) is 0 Å². The largest absolute Gasteiger partial charge is 0.309 e. The van der Waals surface area contributed by atoms with Crippen molar-refractivity contribution in [3.05, 3.63) is 252 Å². The second kappa shape index (κ2) is 21.5. The van der Waals surface area contributed by atoms with Crippen LogP contribution in [-0.4, -0.2) is 4.57 Å². The van der Waals surface area contributed by atoms with Crippen molar-refractivity contribution in [3.8, 4) is 50.2 Å². The summed E-state index contributed by atoms with van der Waals surface area (Å²) < 4.78 is 2.54. The molecule has 0 spiro atoms. The van der Waals surface area contributed by atoms with Gasteiger partial charge in [-0.05, 0) is 181 Å². The van der Waals surface area contributed by atoms with Crippen LogP contribution in [0.2, 0.25) is 0 Å². The summed E-state index contributed by atoms with van der Waals surface area (Å²) in [4.78, 5) is 2.54. The molecule has 0 amide bonds. The summed E-state index contributed by atoms with van der Waals surface area (Å²) in [5, 5.41) is 10.0. The third-order valence-electron chi connectivity index (χ3n) is 19.3. The third-order valence-corrected chi connectivity index (χ3v) is 19.3. The van der Waals surface area contributed by atoms with Gasteiger partial charge < -0.3 is 9.47 Å². The minimum atomic E-state index is 0.00727. The molecule has 0 aliphatic carbocycles. The van der Waals surface area contributed by atoms with Crippen molar-refractivity contribution in [2.45, 2.75) is 157 Å². The molecular weight excluding hydrogens is 1080 g/mol. The Morgan fingerprint density at radius 3 is 1.14 bits per heavy atom. The Labute approximate surface area is 536 Å². The van der Waals surface area contributed by atoms with E-state index in [0.29, 0.717) is 0 Å². The number of anilines is 3. The van der Waals surface area contributed by atoms with E-state index in [9.17, 15) is 0 Å². The molecule has 452 valence electrons. The van der Waals surface area contributed by atoms with Crippen molar-refractivity contribution < 1.29 is 0 Å². The molecule has 2 heteroatoms. The number of fused-ring (bicyclic) bond motifs is 3. The van der Waals surface area contributed by atoms with Gasteiger partial charge in [0.25, 0.3) is 0 Å². The minimum Gasteiger partial charge on any atom is -0.309 e. The lowest BCUT2D eigenvalue weighted by Gasteiger charge is -2.30. The Morgan fingerprint density at radius 2 is 0.667 bits per heavy atom. The van der Waals surface area contributed by atoms with E-state index < -0.39 is 0 Å². The summed E-state index contributed by atoms with van der Waals surface area (Å²) in [5.74, 6) is 0. The van der Waals surface area contributed by atoms with Crippen molar-refractivity contribution in [1.29, 1.82) is 0 Å². The smallest absolute Gasteiger partial charge is 0.0541 e. The predicted molar refractivity (Wildman–Crippen MR) is 393 cm³/mol. The average molecular weight is 1180 g/mol. The third kappa shape index (κ3) is 11.0. The number of rotatable bonds is 8. The van der Waals surface area contributed by atoms with Crippen molar-refractivity contribution in [1.82, 2.24) is 4.57 Å². The molecule has 0 atom stereocenters. The summed E-state index contributed by atoms with van der Waals surface area (Å²) in [6.07, 6.45) is 0. The molecule has 0 bridgehead atoms. The number of aromatic nitrogens is 1. The van der Waals surface area contributed by atoms with Crippen LogP contribution in [0.1, 0.15) is 158 Å². The van der Waals surface area contributed by atoms with Gasteiger partial charge in [-0.3, -0.25) is 0 Å². The molecule has 0 saturated heterocycles. The lowest BCUT2D eigenvalue weighted by molar-refractivity contribution is 0.568. The van der Waals surface area contributed by atoms with Gasteiger partial charge in [-0.2, -0.15) is 0 Å². The maximum atomic E-state index is 2.54. The van der Waals surface area contributed by atoms with Gasteiger partial charge in [-0.1, -0.05) is 288 Å². The summed E-state index contributed by atoms with van der Waals surface area (Å²) >= 11 is 0. The molecule has 13 aromatic rings. The molecule has 0 radical (unpaired) electrons. The molecular formula is C88H90N2. The van der Waals surface area contributed by atoms with Gasteiger partial charge in [-0.25, -0.2) is 0 Å². The monoisotopic (exact) mass is 1170 g/mol. The fourth-order valence-electron chi connectivity index (χ4n) is 13.5. The maximum absolute atomic E-state index is 2.54. The molecule has 90 heavy (non-hydrogen) atoms. The van der Waals surface area contributed by atoms with Crippen LogP contribution in [0.3, 0.4) is 0 Å². The number of benzene rings is 12. The van der Waals surface area contributed by atoms with Crippen LogP contribution < -0.4 is 4.90 Å². The lowest BCUT2D eigenvalue weighted by atomic mass is 9.79. The highest BCUT2D eigenvalue weighted by molar-refractivity contribution is 6.27. The number of hydrogen-bond donors (Lipinski definition) is 0. The van der Waals surface area contributed by atoms with Crippen LogP contribution in [0.15, 0.2) is 218 Å². The molecule has 0 unspecified atom stereocenters. The predicted octanol–water partition coefficient (Wildman–Crippen LogP) is 25.6. The molecule has 12 aromatic carbocycles.